The van der Waals surface area contributed by atoms with E-state index >= 15 is 0 Å². The Kier molecular flexibility index (Phi) is 11.8. The van der Waals surface area contributed by atoms with Crippen LogP contribution < -0.4 is 9.62 Å². The van der Waals surface area contributed by atoms with E-state index in [0.29, 0.717) is 21.3 Å². The van der Waals surface area contributed by atoms with Gasteiger partial charge >= 0.3 is 0 Å². The molecule has 2 amide bonds. The first-order valence-corrected chi connectivity index (χ1v) is 18.5. The molecule has 252 valence electrons. The SMILES string of the molecule is Cc1cccc(N(CC(=O)N(Cc2ccc(Cl)cc2Cl)C(Cc2ccccc2)C(=O)NC2CCCCC2)S(=O)(=O)c2ccccc2)c1C. The minimum atomic E-state index is -4.19. The first-order chi connectivity index (χ1) is 23.0. The molecule has 0 spiro atoms. The van der Waals surface area contributed by atoms with Crippen molar-refractivity contribution in [3.8, 4) is 0 Å². The van der Waals surface area contributed by atoms with E-state index < -0.39 is 28.5 Å². The van der Waals surface area contributed by atoms with Gasteiger partial charge in [-0.3, -0.25) is 13.9 Å². The van der Waals surface area contributed by atoms with Crippen LogP contribution in [0.2, 0.25) is 10.0 Å². The van der Waals surface area contributed by atoms with E-state index in [1.165, 1.54) is 17.0 Å². The summed E-state index contributed by atoms with van der Waals surface area (Å²) >= 11 is 12.9. The predicted molar refractivity (Wildman–Crippen MR) is 193 cm³/mol. The largest absolute Gasteiger partial charge is 0.352 e. The van der Waals surface area contributed by atoms with Crippen molar-refractivity contribution in [1.29, 1.82) is 0 Å². The van der Waals surface area contributed by atoms with Crippen LogP contribution in [0.5, 0.6) is 0 Å². The number of anilines is 1. The third-order valence-corrected chi connectivity index (χ3v) is 11.4. The van der Waals surface area contributed by atoms with E-state index in [1.807, 2.05) is 50.2 Å². The van der Waals surface area contributed by atoms with E-state index in [9.17, 15) is 18.0 Å². The lowest BCUT2D eigenvalue weighted by molar-refractivity contribution is -0.140. The molecule has 0 aromatic heterocycles. The highest BCUT2D eigenvalue weighted by molar-refractivity contribution is 7.92. The quantitative estimate of drug-likeness (QED) is 0.162. The fraction of sp³-hybridized carbons (Fsp3) is 0.316. The molecule has 1 aliphatic carbocycles. The molecule has 0 heterocycles. The summed E-state index contributed by atoms with van der Waals surface area (Å²) in [7, 11) is -4.19. The Balaban J connectivity index is 1.60. The van der Waals surface area contributed by atoms with Gasteiger partial charge in [-0.15, -0.1) is 0 Å². The van der Waals surface area contributed by atoms with Gasteiger partial charge in [0.1, 0.15) is 12.6 Å². The molecule has 1 aliphatic rings. The molecule has 10 heteroatoms. The summed E-state index contributed by atoms with van der Waals surface area (Å²) in [5, 5.41) is 4.00. The molecule has 0 saturated heterocycles. The van der Waals surface area contributed by atoms with Crippen LogP contribution in [0.1, 0.15) is 54.4 Å². The lowest BCUT2D eigenvalue weighted by atomic mass is 9.94. The van der Waals surface area contributed by atoms with Crippen molar-refractivity contribution >= 4 is 50.7 Å². The van der Waals surface area contributed by atoms with Crippen molar-refractivity contribution in [1.82, 2.24) is 10.2 Å². The number of rotatable bonds is 12. The van der Waals surface area contributed by atoms with Crippen molar-refractivity contribution in [2.45, 2.75) is 75.9 Å². The van der Waals surface area contributed by atoms with Crippen LogP contribution in [-0.2, 0) is 32.6 Å². The van der Waals surface area contributed by atoms with Gasteiger partial charge in [0.15, 0.2) is 0 Å². The number of sulfonamides is 1. The Morgan fingerprint density at radius 3 is 2.19 bits per heavy atom. The Bertz CT molecular complexity index is 1830. The molecule has 48 heavy (non-hydrogen) atoms. The van der Waals surface area contributed by atoms with Crippen LogP contribution in [0.15, 0.2) is 102 Å². The van der Waals surface area contributed by atoms with Gasteiger partial charge in [-0.05, 0) is 79.3 Å². The summed E-state index contributed by atoms with van der Waals surface area (Å²) < 4.78 is 29.8. The van der Waals surface area contributed by atoms with Crippen molar-refractivity contribution in [3.63, 3.8) is 0 Å². The number of halogens is 2. The van der Waals surface area contributed by atoms with Gasteiger partial charge in [-0.1, -0.05) is 109 Å². The average Bonchev–Trinajstić information content (AvgIpc) is 3.08. The fourth-order valence-corrected chi connectivity index (χ4v) is 8.13. The van der Waals surface area contributed by atoms with Crippen LogP contribution in [0, 0.1) is 13.8 Å². The zero-order chi connectivity index (χ0) is 34.3. The number of aryl methyl sites for hydroxylation is 1. The lowest BCUT2D eigenvalue weighted by Gasteiger charge is -2.35. The number of amides is 2. The highest BCUT2D eigenvalue weighted by Gasteiger charge is 2.36. The summed E-state index contributed by atoms with van der Waals surface area (Å²) in [6.45, 7) is 3.17. The number of hydrogen-bond acceptors (Lipinski definition) is 4. The topological polar surface area (TPSA) is 86.8 Å². The molecular weight excluding hydrogens is 665 g/mol. The number of carbonyl (C=O) groups excluding carboxylic acids is 2. The Morgan fingerprint density at radius 2 is 1.52 bits per heavy atom. The van der Waals surface area contributed by atoms with Crippen molar-refractivity contribution in [2.24, 2.45) is 0 Å². The Labute approximate surface area is 293 Å². The molecule has 0 radical (unpaired) electrons. The fourth-order valence-electron chi connectivity index (χ4n) is 6.17. The molecule has 4 aromatic carbocycles. The molecule has 1 fully saturated rings. The van der Waals surface area contributed by atoms with E-state index in [-0.39, 0.29) is 29.8 Å². The van der Waals surface area contributed by atoms with E-state index in [0.717, 1.165) is 53.1 Å². The van der Waals surface area contributed by atoms with Crippen molar-refractivity contribution in [3.05, 3.63) is 129 Å². The maximum Gasteiger partial charge on any atom is 0.264 e. The van der Waals surface area contributed by atoms with Gasteiger partial charge in [0.25, 0.3) is 10.0 Å². The molecule has 7 nitrogen and oxygen atoms in total. The summed E-state index contributed by atoms with van der Waals surface area (Å²) in [5.41, 5.74) is 3.45. The molecular formula is C38H41Cl2N3O4S. The molecule has 1 N–H and O–H groups in total. The Hall–Kier alpha value is -3.85. The van der Waals surface area contributed by atoms with Gasteiger partial charge in [-0.25, -0.2) is 8.42 Å². The van der Waals surface area contributed by atoms with Gasteiger partial charge in [0.2, 0.25) is 11.8 Å². The second kappa shape index (κ2) is 16.0. The normalized spacial score (nSPS) is 14.2. The summed E-state index contributed by atoms with van der Waals surface area (Å²) in [4.78, 5) is 30.6. The highest BCUT2D eigenvalue weighted by atomic mass is 35.5. The third-order valence-electron chi connectivity index (χ3n) is 9.03. The second-order valence-electron chi connectivity index (χ2n) is 12.4. The van der Waals surface area contributed by atoms with Crippen LogP contribution in [0.3, 0.4) is 0 Å². The van der Waals surface area contributed by atoms with Gasteiger partial charge < -0.3 is 10.2 Å². The standard InChI is InChI=1S/C38H41Cl2N3O4S/c1-27-13-12-20-35(28(27)2)43(48(46,47)33-18-10-5-11-19-33)26-37(44)42(25-30-21-22-31(39)24-34(30)40)36(23-29-14-6-3-7-15-29)38(45)41-32-16-8-4-9-17-32/h3,5-7,10-15,18-22,24,32,36H,4,8-9,16-17,23,25-26H2,1-2H3,(H,41,45). The molecule has 4 aromatic rings. The average molecular weight is 707 g/mol. The number of hydrogen-bond donors (Lipinski definition) is 1. The van der Waals surface area contributed by atoms with E-state index in [4.69, 9.17) is 23.2 Å². The zero-order valence-electron chi connectivity index (χ0n) is 27.2. The first kappa shape index (κ1) is 35.5. The van der Waals surface area contributed by atoms with E-state index in [2.05, 4.69) is 5.32 Å². The number of nitrogens with zero attached hydrogens (tertiary/aromatic N) is 2. The van der Waals surface area contributed by atoms with Crippen LogP contribution in [0.4, 0.5) is 5.69 Å². The Morgan fingerprint density at radius 1 is 0.854 bits per heavy atom. The molecule has 0 bridgehead atoms. The summed E-state index contributed by atoms with van der Waals surface area (Å²) in [6.07, 6.45) is 5.15. The highest BCUT2D eigenvalue weighted by Crippen LogP contribution is 2.30. The van der Waals surface area contributed by atoms with Crippen LogP contribution in [-0.4, -0.2) is 43.8 Å². The number of carbonyl (C=O) groups is 2. The predicted octanol–water partition coefficient (Wildman–Crippen LogP) is 7.89. The lowest BCUT2D eigenvalue weighted by Crippen LogP contribution is -2.55. The van der Waals surface area contributed by atoms with Gasteiger partial charge in [-0.2, -0.15) is 0 Å². The number of benzene rings is 4. The number of nitrogens with one attached hydrogen (secondary N) is 1. The van der Waals surface area contributed by atoms with Crippen LogP contribution >= 0.6 is 23.2 Å². The summed E-state index contributed by atoms with van der Waals surface area (Å²) in [5.74, 6) is -0.824. The molecule has 0 aliphatic heterocycles. The molecule has 5 rings (SSSR count). The smallest absolute Gasteiger partial charge is 0.264 e. The van der Waals surface area contributed by atoms with Gasteiger partial charge in [0.05, 0.1) is 10.6 Å². The second-order valence-corrected chi connectivity index (χ2v) is 15.1. The monoisotopic (exact) mass is 705 g/mol. The molecule has 1 unspecified atom stereocenters. The van der Waals surface area contributed by atoms with Gasteiger partial charge in [0, 0.05) is 29.1 Å². The minimum absolute atomic E-state index is 0.00509. The zero-order valence-corrected chi connectivity index (χ0v) is 29.6. The van der Waals surface area contributed by atoms with Crippen LogP contribution in [0.25, 0.3) is 0 Å². The first-order valence-electron chi connectivity index (χ1n) is 16.3. The third kappa shape index (κ3) is 8.59. The van der Waals surface area contributed by atoms with Crippen molar-refractivity contribution in [2.75, 3.05) is 10.8 Å². The molecule has 1 saturated carbocycles. The maximum absolute atomic E-state index is 14.8. The van der Waals surface area contributed by atoms with E-state index in [1.54, 1.807) is 48.5 Å². The summed E-state index contributed by atoms with van der Waals surface area (Å²) in [6, 6.07) is 27.0. The minimum Gasteiger partial charge on any atom is -0.352 e. The maximum atomic E-state index is 14.8. The van der Waals surface area contributed by atoms with Crippen molar-refractivity contribution < 1.29 is 18.0 Å². The molecule has 1 atom stereocenters.